The van der Waals surface area contributed by atoms with Gasteiger partial charge in [-0.2, -0.15) is 0 Å². The molecule has 0 fully saturated rings. The Bertz CT molecular complexity index is 867. The van der Waals surface area contributed by atoms with E-state index in [1.165, 1.54) is 34.4 Å². The van der Waals surface area contributed by atoms with E-state index in [9.17, 15) is 19.7 Å². The Hall–Kier alpha value is -2.87. The Morgan fingerprint density at radius 3 is 2.36 bits per heavy atom. The molecule has 0 spiro atoms. The number of nitro benzene ring substituents is 1. The second kappa shape index (κ2) is 9.89. The number of nitrogens with zero attached hydrogens (tertiary/aromatic N) is 2. The fourth-order valence-corrected chi connectivity index (χ4v) is 3.07. The van der Waals surface area contributed by atoms with E-state index >= 15 is 0 Å². The molecule has 1 amide bonds. The summed E-state index contributed by atoms with van der Waals surface area (Å²) in [5, 5.41) is 11.1. The number of carbonyl (C=O) groups excluding carboxylic acids is 2. The molecule has 0 bridgehead atoms. The van der Waals surface area contributed by atoms with Crippen molar-refractivity contribution in [3.63, 3.8) is 0 Å². The molecular formula is C20H22N2O5S. The third kappa shape index (κ3) is 5.56. The highest BCUT2D eigenvalue weighted by Crippen LogP contribution is 2.28. The van der Waals surface area contributed by atoms with E-state index in [4.69, 9.17) is 4.74 Å². The maximum atomic E-state index is 12.2. The second-order valence-electron chi connectivity index (χ2n) is 6.14. The highest BCUT2D eigenvalue weighted by atomic mass is 32.2. The molecule has 0 atom stereocenters. The highest BCUT2D eigenvalue weighted by Gasteiger charge is 2.19. The van der Waals surface area contributed by atoms with Gasteiger partial charge in [-0.25, -0.2) is 4.79 Å². The van der Waals surface area contributed by atoms with E-state index in [0.717, 1.165) is 18.1 Å². The summed E-state index contributed by atoms with van der Waals surface area (Å²) in [4.78, 5) is 36.8. The summed E-state index contributed by atoms with van der Waals surface area (Å²) in [5.74, 6) is -1.13. The third-order valence-corrected chi connectivity index (χ3v) is 5.00. The maximum absolute atomic E-state index is 12.2. The van der Waals surface area contributed by atoms with Crippen molar-refractivity contribution < 1.29 is 19.2 Å². The molecule has 0 saturated heterocycles. The number of hydrogen-bond acceptors (Lipinski definition) is 6. The lowest BCUT2D eigenvalue weighted by Crippen LogP contribution is -2.30. The van der Waals surface area contributed by atoms with Crippen molar-refractivity contribution in [2.75, 3.05) is 19.9 Å². The summed E-state index contributed by atoms with van der Waals surface area (Å²) in [5.41, 5.74) is 2.06. The summed E-state index contributed by atoms with van der Waals surface area (Å²) in [6.45, 7) is 2.04. The van der Waals surface area contributed by atoms with Crippen molar-refractivity contribution in [2.24, 2.45) is 0 Å². The first-order valence-electron chi connectivity index (χ1n) is 8.67. The fourth-order valence-electron chi connectivity index (χ4n) is 2.52. The third-order valence-electron chi connectivity index (χ3n) is 4.21. The monoisotopic (exact) mass is 402 g/mol. The summed E-state index contributed by atoms with van der Waals surface area (Å²) in [7, 11) is 1.63. The van der Waals surface area contributed by atoms with Crippen LogP contribution in [0.1, 0.15) is 28.4 Å². The molecule has 7 nitrogen and oxygen atoms in total. The van der Waals surface area contributed by atoms with Gasteiger partial charge in [-0.1, -0.05) is 31.2 Å². The van der Waals surface area contributed by atoms with Crippen molar-refractivity contribution in [3.8, 4) is 0 Å². The van der Waals surface area contributed by atoms with Crippen LogP contribution in [0, 0.1) is 10.1 Å². The molecule has 8 heteroatoms. The standard InChI is InChI=1S/C20H22N2O5S/c1-4-14-5-7-15(8-6-14)12-21(2)19(23)13-27-20(24)16-9-10-18(28-3)17(11-16)22(25)26/h5-11H,4,12-13H2,1-3H3. The van der Waals surface area contributed by atoms with Crippen LogP contribution in [-0.2, 0) is 22.5 Å². The number of esters is 1. The molecule has 0 heterocycles. The minimum atomic E-state index is -0.773. The quantitative estimate of drug-likeness (QED) is 0.289. The molecule has 148 valence electrons. The van der Waals surface area contributed by atoms with Crippen molar-refractivity contribution in [1.29, 1.82) is 0 Å². The van der Waals surface area contributed by atoms with Crippen LogP contribution in [0.2, 0.25) is 0 Å². The number of thioether (sulfide) groups is 1. The van der Waals surface area contributed by atoms with Crippen molar-refractivity contribution >= 4 is 29.3 Å². The minimum Gasteiger partial charge on any atom is -0.452 e. The average molecular weight is 402 g/mol. The largest absolute Gasteiger partial charge is 0.452 e. The molecule has 0 saturated carbocycles. The van der Waals surface area contributed by atoms with E-state index in [0.29, 0.717) is 11.4 Å². The van der Waals surface area contributed by atoms with Crippen LogP contribution >= 0.6 is 11.8 Å². The SMILES string of the molecule is CCc1ccc(CN(C)C(=O)COC(=O)c2ccc(SC)c([N+](=O)[O-])c2)cc1. The number of nitro groups is 1. The summed E-state index contributed by atoms with van der Waals surface area (Å²) in [6, 6.07) is 12.1. The van der Waals surface area contributed by atoms with Gasteiger partial charge in [0, 0.05) is 19.7 Å². The molecule has 0 aliphatic rings. The number of amides is 1. The number of aryl methyl sites for hydroxylation is 1. The van der Waals surface area contributed by atoms with Gasteiger partial charge in [-0.3, -0.25) is 14.9 Å². The van der Waals surface area contributed by atoms with E-state index in [-0.39, 0.29) is 17.2 Å². The predicted molar refractivity (Wildman–Crippen MR) is 107 cm³/mol. The molecule has 2 aromatic carbocycles. The summed E-state index contributed by atoms with van der Waals surface area (Å²) in [6.07, 6.45) is 2.66. The fraction of sp³-hybridized carbons (Fsp3) is 0.300. The number of likely N-dealkylation sites (N-methyl/N-ethyl adjacent to an activating group) is 1. The zero-order chi connectivity index (χ0) is 20.7. The minimum absolute atomic E-state index is 0.0371. The first-order chi connectivity index (χ1) is 13.3. The average Bonchev–Trinajstić information content (AvgIpc) is 2.71. The predicted octanol–water partition coefficient (Wildman–Crippen LogP) is 3.69. The van der Waals surface area contributed by atoms with Gasteiger partial charge in [0.25, 0.3) is 11.6 Å². The molecule has 0 aromatic heterocycles. The van der Waals surface area contributed by atoms with Crippen LogP contribution in [0.5, 0.6) is 0 Å². The van der Waals surface area contributed by atoms with Gasteiger partial charge in [0.15, 0.2) is 6.61 Å². The van der Waals surface area contributed by atoms with E-state index in [1.807, 2.05) is 24.3 Å². The number of benzene rings is 2. The Labute approximate surface area is 167 Å². The Balaban J connectivity index is 1.94. The molecule has 0 aliphatic heterocycles. The molecular weight excluding hydrogens is 380 g/mol. The normalized spacial score (nSPS) is 10.4. The lowest BCUT2D eigenvalue weighted by atomic mass is 10.1. The van der Waals surface area contributed by atoms with Crippen LogP contribution < -0.4 is 0 Å². The van der Waals surface area contributed by atoms with Gasteiger partial charge in [0.1, 0.15) is 0 Å². The molecule has 28 heavy (non-hydrogen) atoms. The zero-order valence-corrected chi connectivity index (χ0v) is 16.8. The first-order valence-corrected chi connectivity index (χ1v) is 9.89. The summed E-state index contributed by atoms with van der Waals surface area (Å²) < 4.78 is 5.03. The smallest absolute Gasteiger partial charge is 0.338 e. The van der Waals surface area contributed by atoms with Gasteiger partial charge in [0.05, 0.1) is 15.4 Å². The number of hydrogen-bond donors (Lipinski definition) is 0. The lowest BCUT2D eigenvalue weighted by Gasteiger charge is -2.17. The molecule has 0 aliphatic carbocycles. The Kier molecular flexibility index (Phi) is 7.57. The number of ether oxygens (including phenoxy) is 1. The van der Waals surface area contributed by atoms with Crippen LogP contribution in [0.3, 0.4) is 0 Å². The van der Waals surface area contributed by atoms with Gasteiger partial charge in [-0.05, 0) is 35.9 Å². The molecule has 2 rings (SSSR count). The van der Waals surface area contributed by atoms with E-state index in [2.05, 4.69) is 6.92 Å². The number of rotatable bonds is 8. The van der Waals surface area contributed by atoms with Crippen LogP contribution in [0.4, 0.5) is 5.69 Å². The van der Waals surface area contributed by atoms with Crippen molar-refractivity contribution in [3.05, 3.63) is 69.3 Å². The van der Waals surface area contributed by atoms with Gasteiger partial charge in [0.2, 0.25) is 0 Å². The second-order valence-corrected chi connectivity index (χ2v) is 6.99. The van der Waals surface area contributed by atoms with Crippen LogP contribution in [0.15, 0.2) is 47.4 Å². The summed E-state index contributed by atoms with van der Waals surface area (Å²) >= 11 is 1.21. The topological polar surface area (TPSA) is 89.8 Å². The van der Waals surface area contributed by atoms with Crippen molar-refractivity contribution in [2.45, 2.75) is 24.8 Å². The molecule has 0 N–H and O–H groups in total. The maximum Gasteiger partial charge on any atom is 0.338 e. The molecule has 0 radical (unpaired) electrons. The van der Waals surface area contributed by atoms with E-state index in [1.54, 1.807) is 13.3 Å². The van der Waals surface area contributed by atoms with Gasteiger partial charge >= 0.3 is 5.97 Å². The van der Waals surface area contributed by atoms with Crippen molar-refractivity contribution in [1.82, 2.24) is 4.90 Å². The van der Waals surface area contributed by atoms with Gasteiger partial charge in [-0.15, -0.1) is 11.8 Å². The highest BCUT2D eigenvalue weighted by molar-refractivity contribution is 7.98. The molecule has 2 aromatic rings. The van der Waals surface area contributed by atoms with E-state index < -0.39 is 17.5 Å². The van der Waals surface area contributed by atoms with Crippen LogP contribution in [-0.4, -0.2) is 41.6 Å². The number of carbonyl (C=O) groups is 2. The molecule has 0 unspecified atom stereocenters. The Morgan fingerprint density at radius 1 is 1.14 bits per heavy atom. The van der Waals surface area contributed by atoms with Gasteiger partial charge < -0.3 is 9.64 Å². The van der Waals surface area contributed by atoms with Crippen LogP contribution in [0.25, 0.3) is 0 Å². The first kappa shape index (κ1) is 21.4. The Morgan fingerprint density at radius 2 is 1.79 bits per heavy atom. The zero-order valence-electron chi connectivity index (χ0n) is 16.0. The lowest BCUT2D eigenvalue weighted by molar-refractivity contribution is -0.387.